The average Bonchev–Trinajstić information content (AvgIpc) is 3.02. The predicted molar refractivity (Wildman–Crippen MR) is 152 cm³/mol. The standard InChI is InChI=1S/C29H37N3O11/c1-39-22-15-19(16-23(40-2)25(22)41-3)26(35)31-20(12-13-24(33)34)27(36)32-21(28(37)42-4)11-8-14-30-29(38)43-17-18-9-6-5-7-10-18/h5-7,9-10,15-16,20-21H,8,11-14,17H2,1-4H3,(H,30,38)(H,31,35)(H,32,36)(H,33,34)/t20-,21+/m0/s1. The van der Waals surface area contributed by atoms with Gasteiger partial charge in [-0.1, -0.05) is 30.3 Å². The molecule has 0 aliphatic rings. The fraction of sp³-hybridized carbons (Fsp3) is 0.414. The van der Waals surface area contributed by atoms with E-state index in [0.717, 1.165) is 12.7 Å². The van der Waals surface area contributed by atoms with Crippen molar-refractivity contribution in [2.75, 3.05) is 35.0 Å². The Morgan fingerprint density at radius 2 is 1.49 bits per heavy atom. The number of esters is 1. The molecule has 0 bridgehead atoms. The Bertz CT molecular complexity index is 1230. The first-order valence-electron chi connectivity index (χ1n) is 13.3. The van der Waals surface area contributed by atoms with E-state index in [1.54, 1.807) is 0 Å². The van der Waals surface area contributed by atoms with Crippen molar-refractivity contribution in [2.24, 2.45) is 0 Å². The highest BCUT2D eigenvalue weighted by atomic mass is 16.5. The van der Waals surface area contributed by atoms with Gasteiger partial charge in [0.1, 0.15) is 18.7 Å². The number of carbonyl (C=O) groups excluding carboxylic acids is 4. The molecule has 14 heteroatoms. The highest BCUT2D eigenvalue weighted by Crippen LogP contribution is 2.38. The molecular weight excluding hydrogens is 566 g/mol. The molecule has 234 valence electrons. The van der Waals surface area contributed by atoms with E-state index >= 15 is 0 Å². The number of rotatable bonds is 17. The fourth-order valence-corrected chi connectivity index (χ4v) is 3.92. The van der Waals surface area contributed by atoms with Gasteiger partial charge in [0.2, 0.25) is 11.7 Å². The molecule has 2 aromatic rings. The van der Waals surface area contributed by atoms with E-state index in [-0.39, 0.29) is 55.2 Å². The van der Waals surface area contributed by atoms with E-state index in [9.17, 15) is 29.1 Å². The molecule has 14 nitrogen and oxygen atoms in total. The molecule has 0 fully saturated rings. The summed E-state index contributed by atoms with van der Waals surface area (Å²) < 4.78 is 25.7. The van der Waals surface area contributed by atoms with E-state index in [4.69, 9.17) is 23.7 Å². The fourth-order valence-electron chi connectivity index (χ4n) is 3.92. The van der Waals surface area contributed by atoms with Crippen LogP contribution < -0.4 is 30.2 Å². The molecule has 2 rings (SSSR count). The van der Waals surface area contributed by atoms with Crippen LogP contribution in [0.5, 0.6) is 17.2 Å². The minimum absolute atomic E-state index is 0.0531. The maximum Gasteiger partial charge on any atom is 0.407 e. The smallest absolute Gasteiger partial charge is 0.407 e. The number of ether oxygens (including phenoxy) is 5. The molecule has 0 heterocycles. The summed E-state index contributed by atoms with van der Waals surface area (Å²) in [7, 11) is 5.29. The maximum atomic E-state index is 13.2. The van der Waals surface area contributed by atoms with Crippen LogP contribution in [0.25, 0.3) is 0 Å². The van der Waals surface area contributed by atoms with Crippen molar-refractivity contribution in [1.82, 2.24) is 16.0 Å². The number of carboxylic acids is 1. The Kier molecular flexibility index (Phi) is 14.1. The number of alkyl carbamates (subject to hydrolysis) is 1. The summed E-state index contributed by atoms with van der Waals surface area (Å²) in [5.41, 5.74) is 0.873. The third-order valence-electron chi connectivity index (χ3n) is 6.15. The van der Waals surface area contributed by atoms with Crippen LogP contribution in [-0.2, 0) is 30.5 Å². The van der Waals surface area contributed by atoms with Crippen LogP contribution >= 0.6 is 0 Å². The maximum absolute atomic E-state index is 13.2. The van der Waals surface area contributed by atoms with Gasteiger partial charge in [-0.15, -0.1) is 0 Å². The molecule has 3 amide bonds. The molecule has 0 unspecified atom stereocenters. The average molecular weight is 604 g/mol. The van der Waals surface area contributed by atoms with Crippen molar-refractivity contribution in [1.29, 1.82) is 0 Å². The topological polar surface area (TPSA) is 188 Å². The summed E-state index contributed by atoms with van der Waals surface area (Å²) in [4.78, 5) is 61.9. The van der Waals surface area contributed by atoms with Crippen molar-refractivity contribution in [3.05, 3.63) is 53.6 Å². The van der Waals surface area contributed by atoms with Gasteiger partial charge < -0.3 is 44.7 Å². The molecule has 2 atom stereocenters. The van der Waals surface area contributed by atoms with Gasteiger partial charge in [-0.3, -0.25) is 14.4 Å². The Balaban J connectivity index is 2.04. The lowest BCUT2D eigenvalue weighted by Gasteiger charge is -2.22. The molecule has 0 aromatic heterocycles. The van der Waals surface area contributed by atoms with E-state index in [1.165, 1.54) is 33.5 Å². The van der Waals surface area contributed by atoms with Gasteiger partial charge >= 0.3 is 18.0 Å². The number of hydrogen-bond acceptors (Lipinski definition) is 10. The lowest BCUT2D eigenvalue weighted by atomic mass is 10.1. The van der Waals surface area contributed by atoms with Crippen LogP contribution in [0.1, 0.15) is 41.6 Å². The minimum atomic E-state index is -1.32. The number of methoxy groups -OCH3 is 4. The largest absolute Gasteiger partial charge is 0.493 e. The molecule has 0 saturated heterocycles. The zero-order valence-corrected chi connectivity index (χ0v) is 24.5. The summed E-state index contributed by atoms with van der Waals surface area (Å²) in [6.07, 6.45) is -1.02. The van der Waals surface area contributed by atoms with Crippen molar-refractivity contribution in [3.63, 3.8) is 0 Å². The number of hydrogen-bond donors (Lipinski definition) is 4. The van der Waals surface area contributed by atoms with Crippen molar-refractivity contribution in [2.45, 2.75) is 44.4 Å². The Labute approximate surface area is 249 Å². The van der Waals surface area contributed by atoms with Crippen LogP contribution in [0, 0.1) is 0 Å². The van der Waals surface area contributed by atoms with Crippen molar-refractivity contribution >= 4 is 29.8 Å². The Hall–Kier alpha value is -5.01. The third-order valence-corrected chi connectivity index (χ3v) is 6.15. The molecular formula is C29H37N3O11. The molecule has 0 radical (unpaired) electrons. The van der Waals surface area contributed by atoms with E-state index in [1.807, 2.05) is 30.3 Å². The van der Waals surface area contributed by atoms with Crippen LogP contribution in [0.3, 0.4) is 0 Å². The zero-order chi connectivity index (χ0) is 31.8. The SMILES string of the molecule is COC(=O)[C@@H](CCCNC(=O)OCc1ccccc1)NC(=O)[C@H](CCC(=O)O)NC(=O)c1cc(OC)c(OC)c(OC)c1. The highest BCUT2D eigenvalue weighted by molar-refractivity contribution is 5.99. The molecule has 0 aliphatic carbocycles. The van der Waals surface area contributed by atoms with Crippen molar-refractivity contribution < 1.29 is 52.8 Å². The summed E-state index contributed by atoms with van der Waals surface area (Å²) in [5.74, 6) is -2.82. The molecule has 0 saturated carbocycles. The van der Waals surface area contributed by atoms with Gasteiger partial charge in [0, 0.05) is 18.5 Å². The number of aliphatic carboxylic acids is 1. The summed E-state index contributed by atoms with van der Waals surface area (Å²) in [5, 5.41) is 16.8. The summed E-state index contributed by atoms with van der Waals surface area (Å²) in [6, 6.07) is 9.41. The highest BCUT2D eigenvalue weighted by Gasteiger charge is 2.28. The number of amides is 3. The van der Waals surface area contributed by atoms with Crippen molar-refractivity contribution in [3.8, 4) is 17.2 Å². The minimum Gasteiger partial charge on any atom is -0.493 e. The van der Waals surface area contributed by atoms with Gasteiger partial charge in [0.05, 0.1) is 28.4 Å². The van der Waals surface area contributed by atoms with E-state index < -0.39 is 48.4 Å². The van der Waals surface area contributed by atoms with Gasteiger partial charge in [0.25, 0.3) is 5.91 Å². The zero-order valence-electron chi connectivity index (χ0n) is 24.5. The molecule has 2 aromatic carbocycles. The molecule has 0 aliphatic heterocycles. The van der Waals surface area contributed by atoms with Gasteiger partial charge in [0.15, 0.2) is 11.5 Å². The first kappa shape index (κ1) is 34.2. The molecule has 43 heavy (non-hydrogen) atoms. The first-order chi connectivity index (χ1) is 20.6. The van der Waals surface area contributed by atoms with Crippen LogP contribution in [0.4, 0.5) is 4.79 Å². The summed E-state index contributed by atoms with van der Waals surface area (Å²) >= 11 is 0. The van der Waals surface area contributed by atoms with Crippen LogP contribution in [0.15, 0.2) is 42.5 Å². The van der Waals surface area contributed by atoms with E-state index in [2.05, 4.69) is 16.0 Å². The van der Waals surface area contributed by atoms with Crippen LogP contribution in [0.2, 0.25) is 0 Å². The summed E-state index contributed by atoms with van der Waals surface area (Å²) in [6.45, 7) is 0.227. The third kappa shape index (κ3) is 11.1. The quantitative estimate of drug-likeness (QED) is 0.153. The lowest BCUT2D eigenvalue weighted by Crippen LogP contribution is -2.52. The van der Waals surface area contributed by atoms with E-state index in [0.29, 0.717) is 0 Å². The van der Waals surface area contributed by atoms with Gasteiger partial charge in [-0.05, 0) is 37.0 Å². The normalized spacial score (nSPS) is 11.7. The van der Waals surface area contributed by atoms with Gasteiger partial charge in [-0.2, -0.15) is 0 Å². The van der Waals surface area contributed by atoms with Gasteiger partial charge in [-0.25, -0.2) is 9.59 Å². The lowest BCUT2D eigenvalue weighted by molar-refractivity contribution is -0.145. The number of nitrogens with one attached hydrogen (secondary N) is 3. The van der Waals surface area contributed by atoms with Crippen LogP contribution in [-0.4, -0.2) is 82.0 Å². The molecule has 4 N–H and O–H groups in total. The number of carboxylic acid groups (broad SMARTS) is 1. The predicted octanol–water partition coefficient (Wildman–Crippen LogP) is 2.04. The number of carbonyl (C=O) groups is 5. The Morgan fingerprint density at radius 1 is 0.837 bits per heavy atom. The first-order valence-corrected chi connectivity index (χ1v) is 13.3. The Morgan fingerprint density at radius 3 is 2.05 bits per heavy atom. The second kappa shape index (κ2) is 17.7. The molecule has 0 spiro atoms. The second-order valence-corrected chi connectivity index (χ2v) is 9.09. The second-order valence-electron chi connectivity index (χ2n) is 9.09. The number of benzene rings is 2. The monoisotopic (exact) mass is 603 g/mol.